The number of carbonyl (C=O) groups excluding carboxylic acids is 1. The van der Waals surface area contributed by atoms with E-state index >= 15 is 0 Å². The minimum absolute atomic E-state index is 0.330. The third-order valence-corrected chi connectivity index (χ3v) is 5.79. The zero-order chi connectivity index (χ0) is 17.4. The highest BCUT2D eigenvalue weighted by Gasteiger charge is 2.35. The van der Waals surface area contributed by atoms with Gasteiger partial charge in [0.2, 0.25) is 5.91 Å². The summed E-state index contributed by atoms with van der Waals surface area (Å²) < 4.78 is 0. The number of pyridine rings is 1. The minimum Gasteiger partial charge on any atom is -0.370 e. The number of anilines is 1. The van der Waals surface area contributed by atoms with E-state index in [0.29, 0.717) is 24.3 Å². The third-order valence-electron chi connectivity index (χ3n) is 5.55. The molecule has 1 N–H and O–H groups in total. The molecular formula is C20H24ClN3O. The van der Waals surface area contributed by atoms with Gasteiger partial charge in [-0.3, -0.25) is 4.79 Å². The Morgan fingerprint density at radius 3 is 2.88 bits per heavy atom. The topological polar surface area (TPSA) is 45.2 Å². The molecule has 25 heavy (non-hydrogen) atoms. The first-order valence-electron chi connectivity index (χ1n) is 9.20. The van der Waals surface area contributed by atoms with Crippen LogP contribution in [0, 0.1) is 12.8 Å². The molecule has 1 aromatic carbocycles. The Hall–Kier alpha value is -1.81. The van der Waals surface area contributed by atoms with Crippen LogP contribution in [-0.2, 0) is 4.79 Å². The maximum Gasteiger partial charge on any atom is 0.223 e. The van der Waals surface area contributed by atoms with Crippen LogP contribution in [0.4, 0.5) is 5.82 Å². The molecule has 5 heteroatoms. The number of fused-ring (bicyclic) bond motifs is 1. The summed E-state index contributed by atoms with van der Waals surface area (Å²) in [5.74, 6) is 1.58. The molecule has 1 amide bonds. The molecule has 1 aliphatic carbocycles. The van der Waals surface area contributed by atoms with E-state index in [2.05, 4.69) is 28.2 Å². The lowest BCUT2D eigenvalue weighted by Gasteiger charge is -2.24. The number of amides is 1. The lowest BCUT2D eigenvalue weighted by atomic mass is 10.1. The summed E-state index contributed by atoms with van der Waals surface area (Å²) in [5.41, 5.74) is 2.10. The van der Waals surface area contributed by atoms with Gasteiger partial charge in [0, 0.05) is 41.9 Å². The van der Waals surface area contributed by atoms with Crippen molar-refractivity contribution in [1.82, 2.24) is 9.88 Å². The van der Waals surface area contributed by atoms with Crippen molar-refractivity contribution in [2.45, 2.75) is 45.1 Å². The molecule has 4 nitrogen and oxygen atoms in total. The van der Waals surface area contributed by atoms with Gasteiger partial charge in [-0.15, -0.1) is 0 Å². The molecule has 2 aliphatic rings. The molecule has 0 radical (unpaired) electrons. The number of halogens is 1. The van der Waals surface area contributed by atoms with E-state index in [1.54, 1.807) is 0 Å². The molecule has 1 atom stereocenters. The molecule has 0 bridgehead atoms. The summed E-state index contributed by atoms with van der Waals surface area (Å²) in [6.07, 6.45) is 5.55. The maximum absolute atomic E-state index is 12.3. The number of hydrogen-bond donors (Lipinski definition) is 1. The number of rotatable bonds is 4. The highest BCUT2D eigenvalue weighted by Crippen LogP contribution is 2.30. The fourth-order valence-corrected chi connectivity index (χ4v) is 4.39. The molecule has 1 saturated heterocycles. The molecule has 0 spiro atoms. The van der Waals surface area contributed by atoms with Crippen LogP contribution in [0.1, 0.15) is 37.7 Å². The summed E-state index contributed by atoms with van der Waals surface area (Å²) in [5, 5.41) is 5.26. The number of nitrogens with one attached hydrogen (secondary N) is 1. The monoisotopic (exact) mass is 357 g/mol. The summed E-state index contributed by atoms with van der Waals surface area (Å²) in [7, 11) is 0. The fraction of sp³-hybridized carbons (Fsp3) is 0.500. The Labute approximate surface area is 153 Å². The number of nitrogens with zero attached hydrogens (tertiary/aromatic N) is 2. The predicted octanol–water partition coefficient (Wildman–Crippen LogP) is 4.40. The molecule has 2 aromatic rings. The van der Waals surface area contributed by atoms with Gasteiger partial charge in [-0.2, -0.15) is 0 Å². The summed E-state index contributed by atoms with van der Waals surface area (Å²) in [4.78, 5) is 19.1. The molecule has 2 heterocycles. The Morgan fingerprint density at radius 2 is 2.08 bits per heavy atom. The van der Waals surface area contributed by atoms with Gasteiger partial charge in [0.1, 0.15) is 5.82 Å². The molecular weight excluding hydrogens is 334 g/mol. The van der Waals surface area contributed by atoms with Gasteiger partial charge in [0.05, 0.1) is 5.52 Å². The number of benzene rings is 1. The van der Waals surface area contributed by atoms with Crippen molar-refractivity contribution in [1.29, 1.82) is 0 Å². The summed E-state index contributed by atoms with van der Waals surface area (Å²) in [6, 6.07) is 8.33. The van der Waals surface area contributed by atoms with E-state index in [9.17, 15) is 4.79 Å². The van der Waals surface area contributed by atoms with Gasteiger partial charge in [0.15, 0.2) is 0 Å². The van der Waals surface area contributed by atoms with Crippen molar-refractivity contribution in [3.8, 4) is 0 Å². The van der Waals surface area contributed by atoms with Gasteiger partial charge in [-0.1, -0.05) is 24.4 Å². The fourth-order valence-electron chi connectivity index (χ4n) is 4.22. The second-order valence-corrected chi connectivity index (χ2v) is 7.86. The Balaban J connectivity index is 1.42. The molecule has 132 valence electrons. The van der Waals surface area contributed by atoms with E-state index in [-0.39, 0.29) is 0 Å². The zero-order valence-corrected chi connectivity index (χ0v) is 15.4. The van der Waals surface area contributed by atoms with Crippen molar-refractivity contribution in [3.05, 3.63) is 34.9 Å². The van der Waals surface area contributed by atoms with Gasteiger partial charge < -0.3 is 10.2 Å². The lowest BCUT2D eigenvalue weighted by molar-refractivity contribution is -0.129. The quantitative estimate of drug-likeness (QED) is 0.882. The first kappa shape index (κ1) is 16.6. The predicted molar refractivity (Wildman–Crippen MR) is 102 cm³/mol. The van der Waals surface area contributed by atoms with Crippen molar-refractivity contribution in [2.24, 2.45) is 5.92 Å². The number of aromatic nitrogens is 1. The van der Waals surface area contributed by atoms with E-state index in [1.807, 2.05) is 18.2 Å². The number of likely N-dealkylation sites (tertiary alicyclic amines) is 1. The standard InChI is InChI=1S/C20H24ClN3O/c1-13-8-19(23-18-7-6-15(21)10-17(13)18)22-11-14-9-20(25)24(12-14)16-4-2-3-5-16/h6-8,10,14,16H,2-5,9,11-12H2,1H3,(H,22,23). The summed E-state index contributed by atoms with van der Waals surface area (Å²) in [6.45, 7) is 3.76. The average molecular weight is 358 g/mol. The SMILES string of the molecule is Cc1cc(NCC2CC(=O)N(C3CCCC3)C2)nc2ccc(Cl)cc12. The molecule has 1 saturated carbocycles. The van der Waals surface area contributed by atoms with Crippen LogP contribution in [0.5, 0.6) is 0 Å². The van der Waals surface area contributed by atoms with Crippen LogP contribution in [0.15, 0.2) is 24.3 Å². The number of carbonyl (C=O) groups is 1. The molecule has 1 unspecified atom stereocenters. The van der Waals surface area contributed by atoms with Crippen LogP contribution in [0.25, 0.3) is 10.9 Å². The van der Waals surface area contributed by atoms with Crippen LogP contribution < -0.4 is 5.32 Å². The number of hydrogen-bond acceptors (Lipinski definition) is 3. The average Bonchev–Trinajstić information content (AvgIpc) is 3.23. The van der Waals surface area contributed by atoms with Gasteiger partial charge in [-0.05, 0) is 49.6 Å². The second-order valence-electron chi connectivity index (χ2n) is 7.42. The molecule has 2 fully saturated rings. The van der Waals surface area contributed by atoms with E-state index < -0.39 is 0 Å². The van der Waals surface area contributed by atoms with Crippen molar-refractivity contribution < 1.29 is 4.79 Å². The largest absolute Gasteiger partial charge is 0.370 e. The van der Waals surface area contributed by atoms with Crippen LogP contribution in [-0.4, -0.2) is 34.9 Å². The molecule has 4 rings (SSSR count). The highest BCUT2D eigenvalue weighted by molar-refractivity contribution is 6.31. The Bertz CT molecular complexity index is 801. The normalized spacial score (nSPS) is 21.4. The van der Waals surface area contributed by atoms with Crippen LogP contribution >= 0.6 is 11.6 Å². The Morgan fingerprint density at radius 1 is 1.28 bits per heavy atom. The van der Waals surface area contributed by atoms with Gasteiger partial charge >= 0.3 is 0 Å². The molecule has 1 aromatic heterocycles. The van der Waals surface area contributed by atoms with Crippen molar-refractivity contribution >= 4 is 34.2 Å². The lowest BCUT2D eigenvalue weighted by Crippen LogP contribution is -2.34. The second kappa shape index (κ2) is 6.83. The third kappa shape index (κ3) is 3.45. The Kier molecular flexibility index (Phi) is 4.55. The van der Waals surface area contributed by atoms with Gasteiger partial charge in [0.25, 0.3) is 0 Å². The number of aryl methyl sites for hydroxylation is 1. The zero-order valence-electron chi connectivity index (χ0n) is 14.6. The smallest absolute Gasteiger partial charge is 0.223 e. The van der Waals surface area contributed by atoms with Crippen LogP contribution in [0.2, 0.25) is 5.02 Å². The van der Waals surface area contributed by atoms with E-state index in [4.69, 9.17) is 11.6 Å². The maximum atomic E-state index is 12.3. The molecule has 1 aliphatic heterocycles. The first-order valence-corrected chi connectivity index (χ1v) is 9.58. The van der Waals surface area contributed by atoms with Gasteiger partial charge in [-0.25, -0.2) is 4.98 Å². The minimum atomic E-state index is 0.330. The first-order chi connectivity index (χ1) is 12.1. The van der Waals surface area contributed by atoms with E-state index in [0.717, 1.165) is 40.4 Å². The van der Waals surface area contributed by atoms with Crippen molar-refractivity contribution in [2.75, 3.05) is 18.4 Å². The summed E-state index contributed by atoms with van der Waals surface area (Å²) >= 11 is 6.08. The highest BCUT2D eigenvalue weighted by atomic mass is 35.5. The van der Waals surface area contributed by atoms with Crippen molar-refractivity contribution in [3.63, 3.8) is 0 Å². The van der Waals surface area contributed by atoms with E-state index in [1.165, 1.54) is 25.7 Å². The van der Waals surface area contributed by atoms with Crippen LogP contribution in [0.3, 0.4) is 0 Å².